The van der Waals surface area contributed by atoms with Gasteiger partial charge in [-0.15, -0.1) is 11.8 Å². The minimum atomic E-state index is 0.0143. The molecule has 1 aliphatic rings. The quantitative estimate of drug-likeness (QED) is 0.594. The molecule has 0 aliphatic heterocycles. The van der Waals surface area contributed by atoms with Gasteiger partial charge in [-0.05, 0) is 23.2 Å². The van der Waals surface area contributed by atoms with E-state index >= 15 is 0 Å². The molecule has 0 atom stereocenters. The van der Waals surface area contributed by atoms with Crippen molar-refractivity contribution in [2.75, 3.05) is 5.75 Å². The van der Waals surface area contributed by atoms with E-state index in [-0.39, 0.29) is 5.83 Å². The third-order valence-electron chi connectivity index (χ3n) is 1.39. The van der Waals surface area contributed by atoms with Gasteiger partial charge in [0, 0.05) is 6.42 Å². The molecule has 0 radical (unpaired) electrons. The molecular formula is C8H11FS. The smallest absolute Gasteiger partial charge is 0.100 e. The topological polar surface area (TPSA) is 0 Å². The Morgan fingerprint density at radius 1 is 1.50 bits per heavy atom. The van der Waals surface area contributed by atoms with E-state index in [0.29, 0.717) is 6.42 Å². The van der Waals surface area contributed by atoms with Crippen LogP contribution in [0.25, 0.3) is 0 Å². The monoisotopic (exact) mass is 158 g/mol. The van der Waals surface area contributed by atoms with Crippen molar-refractivity contribution in [1.82, 2.24) is 0 Å². The van der Waals surface area contributed by atoms with Gasteiger partial charge in [0.2, 0.25) is 0 Å². The molecular weight excluding hydrogens is 147 g/mol. The summed E-state index contributed by atoms with van der Waals surface area (Å²) in [5.41, 5.74) is 0. The fourth-order valence-electron chi connectivity index (χ4n) is 0.898. The van der Waals surface area contributed by atoms with Crippen LogP contribution < -0.4 is 0 Å². The highest BCUT2D eigenvalue weighted by atomic mass is 32.2. The van der Waals surface area contributed by atoms with Gasteiger partial charge in [0.1, 0.15) is 5.83 Å². The number of hydrogen-bond donors (Lipinski definition) is 0. The zero-order chi connectivity index (χ0) is 7.40. The van der Waals surface area contributed by atoms with Crippen LogP contribution in [0, 0.1) is 0 Å². The maximum absolute atomic E-state index is 12.4. The summed E-state index contributed by atoms with van der Waals surface area (Å²) in [7, 11) is 0. The zero-order valence-corrected chi connectivity index (χ0v) is 6.88. The molecule has 10 heavy (non-hydrogen) atoms. The molecule has 0 unspecified atom stereocenters. The van der Waals surface area contributed by atoms with Crippen molar-refractivity contribution in [2.45, 2.75) is 19.8 Å². The van der Waals surface area contributed by atoms with Crippen LogP contribution in [0.3, 0.4) is 0 Å². The van der Waals surface area contributed by atoms with Crippen LogP contribution in [0.4, 0.5) is 4.39 Å². The van der Waals surface area contributed by atoms with Crippen LogP contribution in [0.5, 0.6) is 0 Å². The Morgan fingerprint density at radius 2 is 2.30 bits per heavy atom. The Hall–Kier alpha value is -0.240. The van der Waals surface area contributed by atoms with Gasteiger partial charge in [0.05, 0.1) is 0 Å². The van der Waals surface area contributed by atoms with E-state index in [0.717, 1.165) is 12.2 Å². The first-order chi connectivity index (χ1) is 4.83. The van der Waals surface area contributed by atoms with Crippen molar-refractivity contribution in [1.29, 1.82) is 0 Å². The lowest BCUT2D eigenvalue weighted by Gasteiger charge is -2.07. The molecule has 0 heterocycles. The van der Waals surface area contributed by atoms with Crippen molar-refractivity contribution in [3.8, 4) is 0 Å². The summed E-state index contributed by atoms with van der Waals surface area (Å²) in [6.45, 7) is 2.11. The molecule has 0 aromatic heterocycles. The van der Waals surface area contributed by atoms with Gasteiger partial charge < -0.3 is 0 Å². The first kappa shape index (κ1) is 7.86. The predicted molar refractivity (Wildman–Crippen MR) is 44.6 cm³/mol. The largest absolute Gasteiger partial charge is 0.212 e. The van der Waals surface area contributed by atoms with E-state index in [1.54, 1.807) is 17.8 Å². The number of rotatable bonds is 2. The molecule has 2 heteroatoms. The van der Waals surface area contributed by atoms with E-state index in [9.17, 15) is 4.39 Å². The van der Waals surface area contributed by atoms with Gasteiger partial charge in [-0.1, -0.05) is 13.0 Å². The highest BCUT2D eigenvalue weighted by Crippen LogP contribution is 2.27. The Bertz CT molecular complexity index is 166. The average Bonchev–Trinajstić information content (AvgIpc) is 1.95. The molecule has 1 rings (SSSR count). The predicted octanol–water partition coefficient (Wildman–Crippen LogP) is 3.27. The third kappa shape index (κ3) is 2.18. The molecule has 0 aromatic rings. The Kier molecular flexibility index (Phi) is 3.00. The molecule has 56 valence electrons. The van der Waals surface area contributed by atoms with Crippen molar-refractivity contribution in [2.24, 2.45) is 0 Å². The number of hydrogen-bond acceptors (Lipinski definition) is 1. The Morgan fingerprint density at radius 3 is 2.80 bits per heavy atom. The van der Waals surface area contributed by atoms with Crippen LogP contribution in [-0.4, -0.2) is 5.75 Å². The summed E-state index contributed by atoms with van der Waals surface area (Å²) in [6.07, 6.45) is 4.94. The van der Waals surface area contributed by atoms with Gasteiger partial charge >= 0.3 is 0 Å². The molecule has 0 saturated heterocycles. The number of thioether (sulfide) groups is 1. The van der Waals surface area contributed by atoms with E-state index in [2.05, 4.69) is 6.92 Å². The lowest BCUT2D eigenvalue weighted by atomic mass is 10.2. The van der Waals surface area contributed by atoms with E-state index in [4.69, 9.17) is 0 Å². The summed E-state index contributed by atoms with van der Waals surface area (Å²) in [6, 6.07) is 0. The molecule has 0 nitrogen and oxygen atoms in total. The van der Waals surface area contributed by atoms with E-state index in [1.807, 2.05) is 6.08 Å². The van der Waals surface area contributed by atoms with Crippen molar-refractivity contribution in [3.05, 3.63) is 22.9 Å². The fourth-order valence-corrected chi connectivity index (χ4v) is 1.68. The van der Waals surface area contributed by atoms with Crippen LogP contribution >= 0.6 is 11.8 Å². The maximum Gasteiger partial charge on any atom is 0.100 e. The first-order valence-corrected chi connectivity index (χ1v) is 4.49. The Balaban J connectivity index is 2.47. The Labute approximate surface area is 65.2 Å². The van der Waals surface area contributed by atoms with E-state index < -0.39 is 0 Å². The summed E-state index contributed by atoms with van der Waals surface area (Å²) < 4.78 is 12.4. The molecule has 0 spiro atoms. The van der Waals surface area contributed by atoms with Crippen molar-refractivity contribution in [3.63, 3.8) is 0 Å². The second-order valence-electron chi connectivity index (χ2n) is 2.18. The summed E-state index contributed by atoms with van der Waals surface area (Å²) in [5, 5.41) is 0. The summed E-state index contributed by atoms with van der Waals surface area (Å²) in [5.74, 6) is 1.10. The molecule has 0 aromatic carbocycles. The SMILES string of the molecule is CCSC1=CC=C(F)CC1. The highest BCUT2D eigenvalue weighted by molar-refractivity contribution is 8.03. The lowest BCUT2D eigenvalue weighted by Crippen LogP contribution is -1.86. The summed E-state index contributed by atoms with van der Waals surface area (Å²) >= 11 is 1.80. The molecule has 0 fully saturated rings. The number of halogens is 1. The van der Waals surface area contributed by atoms with Crippen LogP contribution in [-0.2, 0) is 0 Å². The zero-order valence-electron chi connectivity index (χ0n) is 6.06. The lowest BCUT2D eigenvalue weighted by molar-refractivity contribution is 0.586. The highest BCUT2D eigenvalue weighted by Gasteiger charge is 2.04. The van der Waals surface area contributed by atoms with Crippen molar-refractivity contribution >= 4 is 11.8 Å². The van der Waals surface area contributed by atoms with Crippen LogP contribution in [0.2, 0.25) is 0 Å². The third-order valence-corrected chi connectivity index (χ3v) is 2.39. The molecule has 0 N–H and O–H groups in total. The normalized spacial score (nSPS) is 18.2. The minimum Gasteiger partial charge on any atom is -0.212 e. The standard InChI is InChI=1S/C8H11FS/c1-2-10-8-5-3-7(9)4-6-8/h3,5H,2,4,6H2,1H3. The van der Waals surface area contributed by atoms with Gasteiger partial charge in [-0.3, -0.25) is 0 Å². The van der Waals surface area contributed by atoms with Crippen molar-refractivity contribution < 1.29 is 4.39 Å². The van der Waals surface area contributed by atoms with Gasteiger partial charge in [0.15, 0.2) is 0 Å². The van der Waals surface area contributed by atoms with Crippen LogP contribution in [0.1, 0.15) is 19.8 Å². The molecule has 0 amide bonds. The van der Waals surface area contributed by atoms with Crippen LogP contribution in [0.15, 0.2) is 22.9 Å². The minimum absolute atomic E-state index is 0.0143. The van der Waals surface area contributed by atoms with Gasteiger partial charge in [0.25, 0.3) is 0 Å². The maximum atomic E-state index is 12.4. The molecule has 1 aliphatic carbocycles. The molecule has 0 bridgehead atoms. The first-order valence-electron chi connectivity index (χ1n) is 3.51. The summed E-state index contributed by atoms with van der Waals surface area (Å²) in [4.78, 5) is 1.31. The second-order valence-corrected chi connectivity index (χ2v) is 3.57. The molecule has 0 saturated carbocycles. The average molecular weight is 158 g/mol. The van der Waals surface area contributed by atoms with E-state index in [1.165, 1.54) is 4.91 Å². The number of allylic oxidation sites excluding steroid dienone is 4. The van der Waals surface area contributed by atoms with Gasteiger partial charge in [-0.2, -0.15) is 0 Å². The fraction of sp³-hybridized carbons (Fsp3) is 0.500. The second kappa shape index (κ2) is 3.81. The van der Waals surface area contributed by atoms with Gasteiger partial charge in [-0.25, -0.2) is 4.39 Å².